The smallest absolute Gasteiger partial charge is 0.225 e. The molecule has 23 heavy (non-hydrogen) atoms. The molecule has 3 rings (SSSR count). The standard InChI is InChI=1S/C19H28N2O2/c1-19(2)12-16-11-14(5-6-17(16)23-19)13-21-9-7-15(8-10-21)18(22)20(3)4/h5-6,11,15H,7-10,12-13H2,1-4H3. The highest BCUT2D eigenvalue weighted by atomic mass is 16.5. The number of likely N-dealkylation sites (tertiary alicyclic amines) is 1. The fourth-order valence-corrected chi connectivity index (χ4v) is 3.72. The minimum Gasteiger partial charge on any atom is -0.487 e. The fraction of sp³-hybridized carbons (Fsp3) is 0.632. The quantitative estimate of drug-likeness (QED) is 0.859. The lowest BCUT2D eigenvalue weighted by Gasteiger charge is -2.32. The molecule has 2 aliphatic rings. The molecule has 2 heterocycles. The van der Waals surface area contributed by atoms with Crippen LogP contribution in [0.25, 0.3) is 0 Å². The summed E-state index contributed by atoms with van der Waals surface area (Å²) < 4.78 is 5.95. The topological polar surface area (TPSA) is 32.8 Å². The average molecular weight is 316 g/mol. The molecule has 0 N–H and O–H groups in total. The highest BCUT2D eigenvalue weighted by Crippen LogP contribution is 2.35. The number of piperidine rings is 1. The van der Waals surface area contributed by atoms with Crippen molar-refractivity contribution in [3.05, 3.63) is 29.3 Å². The Hall–Kier alpha value is -1.55. The van der Waals surface area contributed by atoms with Crippen molar-refractivity contribution in [1.82, 2.24) is 9.80 Å². The monoisotopic (exact) mass is 316 g/mol. The SMILES string of the molecule is CN(C)C(=O)C1CCN(Cc2ccc3c(c2)CC(C)(C)O3)CC1. The molecule has 0 unspecified atom stereocenters. The number of carbonyl (C=O) groups is 1. The van der Waals surface area contributed by atoms with Gasteiger partial charge in [-0.2, -0.15) is 0 Å². The molecule has 0 saturated carbocycles. The summed E-state index contributed by atoms with van der Waals surface area (Å²) in [6, 6.07) is 6.58. The molecule has 0 aliphatic carbocycles. The largest absolute Gasteiger partial charge is 0.487 e. The van der Waals surface area contributed by atoms with Gasteiger partial charge in [-0.3, -0.25) is 9.69 Å². The van der Waals surface area contributed by atoms with Gasteiger partial charge in [0.05, 0.1) is 0 Å². The Labute approximate surface area is 139 Å². The minimum absolute atomic E-state index is 0.0775. The van der Waals surface area contributed by atoms with E-state index in [1.54, 1.807) is 4.90 Å². The lowest BCUT2D eigenvalue weighted by molar-refractivity contribution is -0.134. The van der Waals surface area contributed by atoms with Crippen molar-refractivity contribution in [3.8, 4) is 5.75 Å². The van der Waals surface area contributed by atoms with Crippen molar-refractivity contribution in [2.45, 2.75) is 45.3 Å². The minimum atomic E-state index is -0.0775. The van der Waals surface area contributed by atoms with Gasteiger partial charge in [0.2, 0.25) is 5.91 Å². The number of fused-ring (bicyclic) bond motifs is 1. The lowest BCUT2D eigenvalue weighted by Crippen LogP contribution is -2.39. The second-order valence-corrected chi connectivity index (χ2v) is 7.76. The normalized spacial score (nSPS) is 20.9. The van der Waals surface area contributed by atoms with E-state index in [1.807, 2.05) is 14.1 Å². The van der Waals surface area contributed by atoms with Crippen LogP contribution in [-0.2, 0) is 17.8 Å². The molecule has 2 aliphatic heterocycles. The molecule has 4 heteroatoms. The maximum absolute atomic E-state index is 12.0. The number of hydrogen-bond donors (Lipinski definition) is 0. The van der Waals surface area contributed by atoms with Crippen LogP contribution in [0.3, 0.4) is 0 Å². The van der Waals surface area contributed by atoms with E-state index in [0.29, 0.717) is 0 Å². The highest BCUT2D eigenvalue weighted by Gasteiger charge is 2.30. The molecule has 1 amide bonds. The van der Waals surface area contributed by atoms with Crippen LogP contribution >= 0.6 is 0 Å². The molecule has 0 spiro atoms. The van der Waals surface area contributed by atoms with Gasteiger partial charge in [0, 0.05) is 33.0 Å². The van der Waals surface area contributed by atoms with Gasteiger partial charge < -0.3 is 9.64 Å². The van der Waals surface area contributed by atoms with Gasteiger partial charge in [-0.15, -0.1) is 0 Å². The fourth-order valence-electron chi connectivity index (χ4n) is 3.72. The molecule has 0 atom stereocenters. The molecule has 1 aromatic carbocycles. The first-order chi connectivity index (χ1) is 10.8. The number of hydrogen-bond acceptors (Lipinski definition) is 3. The maximum atomic E-state index is 12.0. The Kier molecular flexibility index (Phi) is 4.37. The van der Waals surface area contributed by atoms with Crippen LogP contribution in [0, 0.1) is 5.92 Å². The van der Waals surface area contributed by atoms with Crippen LogP contribution in [0.5, 0.6) is 5.75 Å². The Morgan fingerprint density at radius 2 is 2.00 bits per heavy atom. The second kappa shape index (κ2) is 6.16. The van der Waals surface area contributed by atoms with Crippen molar-refractivity contribution in [2.75, 3.05) is 27.2 Å². The Balaban J connectivity index is 1.57. The number of benzene rings is 1. The van der Waals surface area contributed by atoms with E-state index >= 15 is 0 Å². The molecule has 4 nitrogen and oxygen atoms in total. The van der Waals surface area contributed by atoms with Gasteiger partial charge in [-0.05, 0) is 57.0 Å². The number of carbonyl (C=O) groups excluding carboxylic acids is 1. The van der Waals surface area contributed by atoms with Crippen LogP contribution in [-0.4, -0.2) is 48.5 Å². The van der Waals surface area contributed by atoms with Crippen LogP contribution in [0.2, 0.25) is 0 Å². The molecule has 0 radical (unpaired) electrons. The van der Waals surface area contributed by atoms with E-state index in [9.17, 15) is 4.79 Å². The van der Waals surface area contributed by atoms with Crippen molar-refractivity contribution in [2.24, 2.45) is 5.92 Å². The molecular weight excluding hydrogens is 288 g/mol. The summed E-state index contributed by atoms with van der Waals surface area (Å²) in [6.45, 7) is 7.25. The molecule has 1 saturated heterocycles. The zero-order chi connectivity index (χ0) is 16.6. The molecule has 0 bridgehead atoms. The van der Waals surface area contributed by atoms with Crippen LogP contribution < -0.4 is 4.74 Å². The number of nitrogens with zero attached hydrogens (tertiary/aromatic N) is 2. The molecule has 0 aromatic heterocycles. The summed E-state index contributed by atoms with van der Waals surface area (Å²) in [4.78, 5) is 16.2. The van der Waals surface area contributed by atoms with Gasteiger partial charge in [0.25, 0.3) is 0 Å². The van der Waals surface area contributed by atoms with E-state index < -0.39 is 0 Å². The van der Waals surface area contributed by atoms with Gasteiger partial charge >= 0.3 is 0 Å². The first kappa shape index (κ1) is 16.3. The van der Waals surface area contributed by atoms with Crippen molar-refractivity contribution in [1.29, 1.82) is 0 Å². The number of amides is 1. The summed E-state index contributed by atoms with van der Waals surface area (Å²) in [6.07, 6.45) is 2.92. The average Bonchev–Trinajstić information content (AvgIpc) is 2.80. The van der Waals surface area contributed by atoms with Gasteiger partial charge in [0.1, 0.15) is 11.4 Å². The zero-order valence-corrected chi connectivity index (χ0v) is 14.8. The summed E-state index contributed by atoms with van der Waals surface area (Å²) in [5.74, 6) is 1.52. The maximum Gasteiger partial charge on any atom is 0.225 e. The third kappa shape index (κ3) is 3.69. The zero-order valence-electron chi connectivity index (χ0n) is 14.8. The molecule has 1 aromatic rings. The third-order valence-electron chi connectivity index (χ3n) is 4.91. The van der Waals surface area contributed by atoms with Crippen LogP contribution in [0.4, 0.5) is 0 Å². The van der Waals surface area contributed by atoms with Crippen molar-refractivity contribution >= 4 is 5.91 Å². The summed E-state index contributed by atoms with van der Waals surface area (Å²) >= 11 is 0. The van der Waals surface area contributed by atoms with Gasteiger partial charge in [0.15, 0.2) is 0 Å². The Bertz CT molecular complexity index is 587. The summed E-state index contributed by atoms with van der Waals surface area (Å²) in [5, 5.41) is 0. The van der Waals surface area contributed by atoms with E-state index in [2.05, 4.69) is 36.9 Å². The first-order valence-electron chi connectivity index (χ1n) is 8.58. The predicted molar refractivity (Wildman–Crippen MR) is 91.5 cm³/mol. The molecule has 1 fully saturated rings. The lowest BCUT2D eigenvalue weighted by atomic mass is 9.95. The first-order valence-corrected chi connectivity index (χ1v) is 8.58. The Morgan fingerprint density at radius 1 is 1.30 bits per heavy atom. The third-order valence-corrected chi connectivity index (χ3v) is 4.91. The van der Waals surface area contributed by atoms with E-state index in [1.165, 1.54) is 11.1 Å². The van der Waals surface area contributed by atoms with Crippen molar-refractivity contribution in [3.63, 3.8) is 0 Å². The Morgan fingerprint density at radius 3 is 2.65 bits per heavy atom. The predicted octanol–water partition coefficient (Wildman–Crippen LogP) is 2.70. The van der Waals surface area contributed by atoms with Crippen LogP contribution in [0.1, 0.15) is 37.8 Å². The number of ether oxygens (including phenoxy) is 1. The molecule has 126 valence electrons. The van der Waals surface area contributed by atoms with E-state index in [0.717, 1.165) is 44.6 Å². The van der Waals surface area contributed by atoms with E-state index in [-0.39, 0.29) is 17.4 Å². The van der Waals surface area contributed by atoms with Gasteiger partial charge in [-0.1, -0.05) is 12.1 Å². The number of rotatable bonds is 3. The second-order valence-electron chi connectivity index (χ2n) is 7.76. The van der Waals surface area contributed by atoms with E-state index in [4.69, 9.17) is 4.74 Å². The molecular formula is C19H28N2O2. The summed E-state index contributed by atoms with van der Waals surface area (Å²) in [5.41, 5.74) is 2.60. The highest BCUT2D eigenvalue weighted by molar-refractivity contribution is 5.78. The van der Waals surface area contributed by atoms with Crippen molar-refractivity contribution < 1.29 is 9.53 Å². The van der Waals surface area contributed by atoms with Crippen LogP contribution in [0.15, 0.2) is 18.2 Å². The van der Waals surface area contributed by atoms with Gasteiger partial charge in [-0.25, -0.2) is 0 Å². The summed E-state index contributed by atoms with van der Waals surface area (Å²) in [7, 11) is 3.70.